The van der Waals surface area contributed by atoms with Crippen LogP contribution in [0.1, 0.15) is 46.8 Å². The van der Waals surface area contributed by atoms with Crippen LogP contribution < -0.4 is 5.63 Å². The third-order valence-corrected chi connectivity index (χ3v) is 6.17. The number of aryl methyl sites for hydroxylation is 1. The second kappa shape index (κ2) is 8.21. The van der Waals surface area contributed by atoms with Crippen LogP contribution in [-0.4, -0.2) is 5.97 Å². The van der Waals surface area contributed by atoms with Gasteiger partial charge in [-0.05, 0) is 63.7 Å². The molecule has 0 bridgehead atoms. The summed E-state index contributed by atoms with van der Waals surface area (Å²) in [4.78, 5) is 25.6. The van der Waals surface area contributed by atoms with Crippen molar-refractivity contribution in [3.63, 3.8) is 0 Å². The molecule has 4 aromatic carbocycles. The van der Waals surface area contributed by atoms with E-state index in [1.165, 1.54) is 11.6 Å². The number of ether oxygens (including phenoxy) is 1. The van der Waals surface area contributed by atoms with Crippen molar-refractivity contribution >= 4 is 38.5 Å². The SMILES string of the molecule is Cc1cc2oc(=O)cc(COC(=O)c3c4ccccc4cc4ccccc34)c2cc1C(C)C. The molecule has 0 amide bonds. The predicted molar refractivity (Wildman–Crippen MR) is 132 cm³/mol. The minimum atomic E-state index is -0.458. The highest BCUT2D eigenvalue weighted by atomic mass is 16.5. The zero-order valence-corrected chi connectivity index (χ0v) is 18.8. The summed E-state index contributed by atoms with van der Waals surface area (Å²) in [6.45, 7) is 6.24. The molecule has 0 aliphatic heterocycles. The van der Waals surface area contributed by atoms with Gasteiger partial charge in [0.05, 0.1) is 5.56 Å². The first-order chi connectivity index (χ1) is 15.9. The number of benzene rings is 4. The molecule has 0 radical (unpaired) electrons. The van der Waals surface area contributed by atoms with Gasteiger partial charge < -0.3 is 9.15 Å². The number of carbonyl (C=O) groups is 1. The number of esters is 1. The monoisotopic (exact) mass is 436 g/mol. The standard InChI is InChI=1S/C29H24O4/c1-17(2)24-15-25-21(14-27(30)33-26(25)12-18(24)3)16-32-29(31)28-22-10-6-4-8-19(22)13-20-9-5-7-11-23(20)28/h4-15,17H,16H2,1-3H3. The van der Waals surface area contributed by atoms with E-state index in [1.54, 1.807) is 0 Å². The largest absolute Gasteiger partial charge is 0.457 e. The molecular weight excluding hydrogens is 412 g/mol. The lowest BCUT2D eigenvalue weighted by Gasteiger charge is -2.14. The maximum Gasteiger partial charge on any atom is 0.339 e. The van der Waals surface area contributed by atoms with Crippen molar-refractivity contribution in [2.45, 2.75) is 33.3 Å². The van der Waals surface area contributed by atoms with Gasteiger partial charge in [0.25, 0.3) is 0 Å². The van der Waals surface area contributed by atoms with Crippen LogP contribution in [0.15, 0.2) is 82.0 Å². The second-order valence-electron chi connectivity index (χ2n) is 8.72. The van der Waals surface area contributed by atoms with E-state index < -0.39 is 11.6 Å². The Hall–Kier alpha value is -3.92. The van der Waals surface area contributed by atoms with Crippen LogP contribution in [0, 0.1) is 6.92 Å². The molecule has 5 aromatic rings. The molecule has 0 N–H and O–H groups in total. The molecule has 164 valence electrons. The van der Waals surface area contributed by atoms with E-state index in [0.29, 0.717) is 22.6 Å². The molecule has 0 aliphatic carbocycles. The third-order valence-electron chi connectivity index (χ3n) is 6.17. The van der Waals surface area contributed by atoms with Crippen molar-refractivity contribution < 1.29 is 13.9 Å². The topological polar surface area (TPSA) is 56.5 Å². The van der Waals surface area contributed by atoms with Gasteiger partial charge in [0, 0.05) is 17.0 Å². The molecular formula is C29H24O4. The normalized spacial score (nSPS) is 11.5. The van der Waals surface area contributed by atoms with Gasteiger partial charge in [-0.1, -0.05) is 62.4 Å². The molecule has 5 rings (SSSR count). The smallest absolute Gasteiger partial charge is 0.339 e. The van der Waals surface area contributed by atoms with Gasteiger partial charge in [-0.15, -0.1) is 0 Å². The van der Waals surface area contributed by atoms with Gasteiger partial charge in [-0.25, -0.2) is 9.59 Å². The minimum Gasteiger partial charge on any atom is -0.457 e. The number of hydrogen-bond acceptors (Lipinski definition) is 4. The molecule has 1 heterocycles. The van der Waals surface area contributed by atoms with Crippen LogP contribution in [0.2, 0.25) is 0 Å². The first kappa shape index (κ1) is 21.0. The van der Waals surface area contributed by atoms with Crippen LogP contribution >= 0.6 is 0 Å². The summed E-state index contributed by atoms with van der Waals surface area (Å²) in [5, 5.41) is 4.43. The van der Waals surface area contributed by atoms with Gasteiger partial charge in [-0.3, -0.25) is 0 Å². The molecule has 4 heteroatoms. The summed E-state index contributed by atoms with van der Waals surface area (Å²) in [6.07, 6.45) is 0. The van der Waals surface area contributed by atoms with Gasteiger partial charge in [0.2, 0.25) is 0 Å². The Balaban J connectivity index is 1.58. The fraction of sp³-hybridized carbons (Fsp3) is 0.172. The number of fused-ring (bicyclic) bond motifs is 3. The maximum absolute atomic E-state index is 13.4. The van der Waals surface area contributed by atoms with Gasteiger partial charge in [-0.2, -0.15) is 0 Å². The molecule has 0 unspecified atom stereocenters. The quantitative estimate of drug-likeness (QED) is 0.175. The van der Waals surface area contributed by atoms with E-state index in [9.17, 15) is 9.59 Å². The van der Waals surface area contributed by atoms with Crippen molar-refractivity contribution in [2.24, 2.45) is 0 Å². The first-order valence-corrected chi connectivity index (χ1v) is 11.1. The summed E-state index contributed by atoms with van der Waals surface area (Å²) in [7, 11) is 0. The zero-order chi connectivity index (χ0) is 23.1. The average molecular weight is 437 g/mol. The van der Waals surface area contributed by atoms with Gasteiger partial charge >= 0.3 is 11.6 Å². The maximum atomic E-state index is 13.4. The lowest BCUT2D eigenvalue weighted by atomic mass is 9.95. The fourth-order valence-corrected chi connectivity index (χ4v) is 4.58. The summed E-state index contributed by atoms with van der Waals surface area (Å²) in [5.74, 6) is -0.0978. The number of hydrogen-bond donors (Lipinski definition) is 0. The van der Waals surface area contributed by atoms with E-state index >= 15 is 0 Å². The van der Waals surface area contributed by atoms with Crippen LogP contribution in [0.5, 0.6) is 0 Å². The van der Waals surface area contributed by atoms with Crippen LogP contribution in [0.3, 0.4) is 0 Å². The van der Waals surface area contributed by atoms with Gasteiger partial charge in [0.1, 0.15) is 12.2 Å². The fourth-order valence-electron chi connectivity index (χ4n) is 4.58. The molecule has 0 fully saturated rings. The van der Waals surface area contributed by atoms with Gasteiger partial charge in [0.15, 0.2) is 0 Å². The Kier molecular flexibility index (Phi) is 5.21. The Morgan fingerprint density at radius 2 is 1.52 bits per heavy atom. The lowest BCUT2D eigenvalue weighted by molar-refractivity contribution is 0.0478. The highest BCUT2D eigenvalue weighted by Crippen LogP contribution is 2.30. The minimum absolute atomic E-state index is 0.0148. The van der Waals surface area contributed by atoms with E-state index in [4.69, 9.17) is 9.15 Å². The van der Waals surface area contributed by atoms with Crippen molar-refractivity contribution in [3.8, 4) is 0 Å². The van der Waals surface area contributed by atoms with E-state index in [0.717, 1.165) is 32.5 Å². The Morgan fingerprint density at radius 3 is 2.15 bits per heavy atom. The third kappa shape index (κ3) is 3.78. The second-order valence-corrected chi connectivity index (χ2v) is 8.72. The summed E-state index contributed by atoms with van der Waals surface area (Å²) < 4.78 is 11.2. The predicted octanol–water partition coefficient (Wildman–Crippen LogP) is 6.89. The summed E-state index contributed by atoms with van der Waals surface area (Å²) in [6, 6.07) is 23.0. The van der Waals surface area contributed by atoms with E-state index in [1.807, 2.05) is 67.6 Å². The van der Waals surface area contributed by atoms with Crippen LogP contribution in [0.25, 0.3) is 32.5 Å². The Labute approximate surface area is 191 Å². The van der Waals surface area contributed by atoms with Crippen molar-refractivity contribution in [1.82, 2.24) is 0 Å². The Morgan fingerprint density at radius 1 is 0.879 bits per heavy atom. The molecule has 0 atom stereocenters. The van der Waals surface area contributed by atoms with Crippen LogP contribution in [0.4, 0.5) is 0 Å². The van der Waals surface area contributed by atoms with Crippen LogP contribution in [-0.2, 0) is 11.3 Å². The number of carbonyl (C=O) groups excluding carboxylic acids is 1. The van der Waals surface area contributed by atoms with E-state index in [2.05, 4.69) is 19.9 Å². The molecule has 33 heavy (non-hydrogen) atoms. The number of rotatable bonds is 4. The Bertz CT molecular complexity index is 1540. The highest BCUT2D eigenvalue weighted by Gasteiger charge is 2.18. The van der Waals surface area contributed by atoms with E-state index in [-0.39, 0.29) is 6.61 Å². The van der Waals surface area contributed by atoms with Crippen molar-refractivity contribution in [3.05, 3.63) is 105 Å². The zero-order valence-electron chi connectivity index (χ0n) is 18.8. The molecule has 1 aromatic heterocycles. The first-order valence-electron chi connectivity index (χ1n) is 11.1. The van der Waals surface area contributed by atoms with Crippen molar-refractivity contribution in [2.75, 3.05) is 0 Å². The van der Waals surface area contributed by atoms with Crippen molar-refractivity contribution in [1.29, 1.82) is 0 Å². The molecule has 0 aliphatic rings. The summed E-state index contributed by atoms with van der Waals surface area (Å²) in [5.41, 5.74) is 3.46. The highest BCUT2D eigenvalue weighted by molar-refractivity contribution is 6.16. The molecule has 0 saturated carbocycles. The lowest BCUT2D eigenvalue weighted by Crippen LogP contribution is -2.09. The molecule has 4 nitrogen and oxygen atoms in total. The molecule has 0 saturated heterocycles. The molecule has 0 spiro atoms. The average Bonchev–Trinajstić information content (AvgIpc) is 2.80. The summed E-state index contributed by atoms with van der Waals surface area (Å²) >= 11 is 0.